The van der Waals surface area contributed by atoms with Crippen LogP contribution in [-0.4, -0.2) is 62.5 Å². The van der Waals surface area contributed by atoms with Gasteiger partial charge in [0.2, 0.25) is 0 Å². The molecule has 2 atom stereocenters. The minimum atomic E-state index is -0.849. The topological polar surface area (TPSA) is 124 Å². The van der Waals surface area contributed by atoms with E-state index in [0.717, 1.165) is 44.5 Å². The van der Waals surface area contributed by atoms with Gasteiger partial charge in [-0.3, -0.25) is 0 Å². The van der Waals surface area contributed by atoms with Crippen molar-refractivity contribution in [2.75, 3.05) is 26.4 Å². The number of carbonyl (C=O) groups is 4. The summed E-state index contributed by atoms with van der Waals surface area (Å²) < 4.78 is 33.9. The Hall–Kier alpha value is -5.90. The molecule has 0 fully saturated rings. The Balaban J connectivity index is 1.80. The number of hydrogen-bond donors (Lipinski definition) is 0. The average molecular weight is 823 g/mol. The molecule has 0 spiro atoms. The Kier molecular flexibility index (Phi) is 16.5. The summed E-state index contributed by atoms with van der Waals surface area (Å²) in [5.74, 6) is -1.05. The molecule has 0 amide bonds. The molecule has 60 heavy (non-hydrogen) atoms. The first-order valence-corrected chi connectivity index (χ1v) is 19.8. The summed E-state index contributed by atoms with van der Waals surface area (Å²) >= 11 is 0. The second-order valence-corrected chi connectivity index (χ2v) is 16.7. The van der Waals surface area contributed by atoms with Crippen LogP contribution in [0.2, 0.25) is 0 Å². The van der Waals surface area contributed by atoms with Crippen molar-refractivity contribution in [1.29, 1.82) is 0 Å². The van der Waals surface area contributed by atoms with Gasteiger partial charge in [-0.1, -0.05) is 103 Å². The van der Waals surface area contributed by atoms with Crippen molar-refractivity contribution < 1.29 is 47.6 Å². The first-order chi connectivity index (χ1) is 27.9. The van der Waals surface area contributed by atoms with Gasteiger partial charge >= 0.3 is 23.9 Å². The first-order valence-electron chi connectivity index (χ1n) is 19.8. The lowest BCUT2D eigenvalue weighted by molar-refractivity contribution is -0.155. The second-order valence-electron chi connectivity index (χ2n) is 16.7. The van der Waals surface area contributed by atoms with Crippen molar-refractivity contribution in [3.8, 4) is 11.5 Å². The number of hydrogen-bond acceptors (Lipinski definition) is 10. The summed E-state index contributed by atoms with van der Waals surface area (Å²) in [4.78, 5) is 48.7. The maximum absolute atomic E-state index is 12.3. The van der Waals surface area contributed by atoms with E-state index >= 15 is 0 Å². The summed E-state index contributed by atoms with van der Waals surface area (Å²) in [6, 6.07) is 17.1. The van der Waals surface area contributed by atoms with Crippen LogP contribution in [0.5, 0.6) is 11.5 Å². The molecule has 3 aromatic carbocycles. The van der Waals surface area contributed by atoms with Gasteiger partial charge in [0.1, 0.15) is 37.9 Å². The second kappa shape index (κ2) is 20.4. The minimum absolute atomic E-state index is 0.0266. The fraction of sp³-hybridized carbons (Fsp3) is 0.400. The third-order valence-corrected chi connectivity index (χ3v) is 10.3. The molecule has 2 unspecified atom stereocenters. The Labute approximate surface area is 356 Å². The summed E-state index contributed by atoms with van der Waals surface area (Å²) in [6.45, 7) is 36.9. The zero-order valence-corrected chi connectivity index (χ0v) is 37.5. The van der Waals surface area contributed by atoms with Crippen molar-refractivity contribution in [3.63, 3.8) is 0 Å². The van der Waals surface area contributed by atoms with E-state index in [2.05, 4.69) is 103 Å². The van der Waals surface area contributed by atoms with Crippen molar-refractivity contribution in [1.82, 2.24) is 0 Å². The monoisotopic (exact) mass is 822 g/mol. The summed E-state index contributed by atoms with van der Waals surface area (Å²) in [5, 5.41) is 0. The molecule has 10 nitrogen and oxygen atoms in total. The van der Waals surface area contributed by atoms with Crippen LogP contribution in [0.3, 0.4) is 0 Å². The first kappa shape index (κ1) is 48.5. The molecule has 3 aromatic rings. The van der Waals surface area contributed by atoms with E-state index in [1.54, 1.807) is 27.7 Å². The van der Waals surface area contributed by atoms with E-state index in [0.29, 0.717) is 11.5 Å². The maximum atomic E-state index is 12.3. The van der Waals surface area contributed by atoms with Crippen molar-refractivity contribution in [2.24, 2.45) is 0 Å². The summed E-state index contributed by atoms with van der Waals surface area (Å²) in [5.41, 5.74) is 8.31. The molecule has 0 aliphatic carbocycles. The third-order valence-electron chi connectivity index (χ3n) is 10.3. The number of esters is 4. The standard InChI is InChI=1S/C50H62O10/c1-29(2)45(51)57-27-41(59-47(53)31(5)6)25-55-43-33(9)21-39(22-34(43)10)49(13,14)37-17-19-38(20-18-37)50(15,16)40-23-35(11)44(36(12)24-40)56-26-42(60-48(54)32(7)8)28-58-46(52)30(3)4/h17-24,41-42H,1,3,5,7,25-28H2,2,4,6,8-16H3. The zero-order chi connectivity index (χ0) is 45.3. The molecular formula is C50H62O10. The van der Waals surface area contributed by atoms with E-state index in [1.165, 1.54) is 0 Å². The van der Waals surface area contributed by atoms with Crippen LogP contribution >= 0.6 is 0 Å². The van der Waals surface area contributed by atoms with Gasteiger partial charge in [-0.05, 0) is 99.9 Å². The van der Waals surface area contributed by atoms with Crippen LogP contribution in [0.1, 0.15) is 99.9 Å². The molecule has 0 aliphatic heterocycles. The van der Waals surface area contributed by atoms with E-state index in [1.807, 2.05) is 27.7 Å². The highest BCUT2D eigenvalue weighted by Gasteiger charge is 2.29. The molecule has 0 N–H and O–H groups in total. The van der Waals surface area contributed by atoms with E-state index in [9.17, 15) is 19.2 Å². The van der Waals surface area contributed by atoms with E-state index in [4.69, 9.17) is 28.4 Å². The Morgan fingerprint density at radius 2 is 0.733 bits per heavy atom. The van der Waals surface area contributed by atoms with Crippen LogP contribution < -0.4 is 9.47 Å². The maximum Gasteiger partial charge on any atom is 0.333 e. The fourth-order valence-electron chi connectivity index (χ4n) is 6.39. The van der Waals surface area contributed by atoms with Crippen molar-refractivity contribution in [3.05, 3.63) is 142 Å². The molecule has 3 rings (SSSR count). The summed E-state index contributed by atoms with van der Waals surface area (Å²) in [7, 11) is 0. The average Bonchev–Trinajstić information content (AvgIpc) is 3.17. The summed E-state index contributed by atoms with van der Waals surface area (Å²) in [6.07, 6.45) is -1.70. The van der Waals surface area contributed by atoms with Gasteiger partial charge in [0.05, 0.1) is 0 Å². The van der Waals surface area contributed by atoms with Crippen LogP contribution in [0.4, 0.5) is 0 Å². The van der Waals surface area contributed by atoms with Crippen LogP contribution in [0, 0.1) is 27.7 Å². The SMILES string of the molecule is C=C(C)C(=O)OCC(COc1c(C)cc(C(C)(C)c2ccc(C(C)(C)c3cc(C)c(OCC(COC(=O)C(=C)C)OC(=O)C(=C)C)c(C)c3)cc2)cc1C)OC(=O)C(=C)C. The third kappa shape index (κ3) is 12.6. The molecular weight excluding hydrogens is 761 g/mol. The molecule has 0 saturated carbocycles. The van der Waals surface area contributed by atoms with Crippen LogP contribution in [0.25, 0.3) is 0 Å². The quantitative estimate of drug-likeness (QED) is 0.0619. The molecule has 10 heteroatoms. The molecule has 0 aliphatic rings. The number of aryl methyl sites for hydroxylation is 4. The Morgan fingerprint density at radius 1 is 0.467 bits per heavy atom. The van der Waals surface area contributed by atoms with Crippen LogP contribution in [0.15, 0.2) is 97.1 Å². The van der Waals surface area contributed by atoms with Gasteiger partial charge in [-0.2, -0.15) is 0 Å². The van der Waals surface area contributed by atoms with Crippen LogP contribution in [-0.2, 0) is 49.0 Å². The normalized spacial score (nSPS) is 12.3. The van der Waals surface area contributed by atoms with Gasteiger partial charge in [0, 0.05) is 33.1 Å². The number of benzene rings is 3. The molecule has 0 radical (unpaired) electrons. The lowest BCUT2D eigenvalue weighted by Crippen LogP contribution is -2.31. The smallest absolute Gasteiger partial charge is 0.333 e. The van der Waals surface area contributed by atoms with Crippen molar-refractivity contribution in [2.45, 2.75) is 106 Å². The number of ether oxygens (including phenoxy) is 6. The lowest BCUT2D eigenvalue weighted by atomic mass is 9.74. The van der Waals surface area contributed by atoms with Gasteiger partial charge in [-0.15, -0.1) is 0 Å². The Morgan fingerprint density at radius 3 is 0.983 bits per heavy atom. The number of carbonyl (C=O) groups excluding carboxylic acids is 4. The predicted octanol–water partition coefficient (Wildman–Crippen LogP) is 9.54. The van der Waals surface area contributed by atoms with Gasteiger partial charge in [0.15, 0.2) is 12.2 Å². The fourth-order valence-corrected chi connectivity index (χ4v) is 6.39. The largest absolute Gasteiger partial charge is 0.489 e. The molecule has 322 valence electrons. The van der Waals surface area contributed by atoms with Gasteiger partial charge in [0.25, 0.3) is 0 Å². The molecule has 0 saturated heterocycles. The lowest BCUT2D eigenvalue weighted by Gasteiger charge is -2.31. The minimum Gasteiger partial charge on any atom is -0.489 e. The predicted molar refractivity (Wildman–Crippen MR) is 234 cm³/mol. The zero-order valence-electron chi connectivity index (χ0n) is 37.5. The highest BCUT2D eigenvalue weighted by molar-refractivity contribution is 5.88. The van der Waals surface area contributed by atoms with E-state index in [-0.39, 0.29) is 59.5 Å². The highest BCUT2D eigenvalue weighted by Crippen LogP contribution is 2.39. The Bertz CT molecular complexity index is 1950. The van der Waals surface area contributed by atoms with Gasteiger partial charge in [-0.25, -0.2) is 19.2 Å². The molecule has 0 heterocycles. The van der Waals surface area contributed by atoms with E-state index < -0.39 is 36.1 Å². The van der Waals surface area contributed by atoms with Crippen molar-refractivity contribution >= 4 is 23.9 Å². The number of rotatable bonds is 20. The molecule has 0 bridgehead atoms. The molecule has 0 aromatic heterocycles. The highest BCUT2D eigenvalue weighted by atomic mass is 16.6. The van der Waals surface area contributed by atoms with Gasteiger partial charge < -0.3 is 28.4 Å².